The van der Waals surface area contributed by atoms with E-state index in [0.717, 1.165) is 11.3 Å². The standard InChI is InChI=1S/C17H24O5/c1-4-20-12(2)22-17-10-14(18)9-16(17)21-11-13-5-7-15(19-3)8-6-13/h5-8,12,16-17H,4,9-11H2,1-3H3/t12?,16-,17-/m1/s1. The Morgan fingerprint density at radius 1 is 1.18 bits per heavy atom. The number of rotatable bonds is 8. The molecule has 0 bridgehead atoms. The quantitative estimate of drug-likeness (QED) is 0.691. The molecule has 1 aliphatic rings. The van der Waals surface area contributed by atoms with E-state index >= 15 is 0 Å². The van der Waals surface area contributed by atoms with E-state index in [4.69, 9.17) is 18.9 Å². The minimum Gasteiger partial charge on any atom is -0.497 e. The largest absolute Gasteiger partial charge is 0.497 e. The van der Waals surface area contributed by atoms with Crippen molar-refractivity contribution in [2.24, 2.45) is 0 Å². The van der Waals surface area contributed by atoms with Gasteiger partial charge in [0.1, 0.15) is 11.5 Å². The third-order valence-corrected chi connectivity index (χ3v) is 3.66. The van der Waals surface area contributed by atoms with Crippen molar-refractivity contribution in [2.75, 3.05) is 13.7 Å². The number of ether oxygens (including phenoxy) is 4. The SMILES string of the molecule is CCOC(C)O[C@@H]1CC(=O)C[C@H]1OCc1ccc(OC)cc1. The van der Waals surface area contributed by atoms with E-state index < -0.39 is 0 Å². The van der Waals surface area contributed by atoms with Crippen LogP contribution in [0.1, 0.15) is 32.3 Å². The van der Waals surface area contributed by atoms with E-state index in [9.17, 15) is 4.79 Å². The normalized spacial score (nSPS) is 22.8. The molecule has 122 valence electrons. The first-order chi connectivity index (χ1) is 10.6. The van der Waals surface area contributed by atoms with Crippen LogP contribution < -0.4 is 4.74 Å². The van der Waals surface area contributed by atoms with Gasteiger partial charge in [0.2, 0.25) is 0 Å². The molecular weight excluding hydrogens is 284 g/mol. The summed E-state index contributed by atoms with van der Waals surface area (Å²) in [5.74, 6) is 0.986. The van der Waals surface area contributed by atoms with Gasteiger partial charge in [-0.05, 0) is 31.5 Å². The molecule has 0 spiro atoms. The summed E-state index contributed by atoms with van der Waals surface area (Å²) in [6.07, 6.45) is 0.0301. The summed E-state index contributed by atoms with van der Waals surface area (Å²) in [5.41, 5.74) is 1.04. The fourth-order valence-electron chi connectivity index (χ4n) is 2.54. The lowest BCUT2D eigenvalue weighted by molar-refractivity contribution is -0.182. The van der Waals surface area contributed by atoms with Crippen molar-refractivity contribution < 1.29 is 23.7 Å². The van der Waals surface area contributed by atoms with Gasteiger partial charge in [0.25, 0.3) is 0 Å². The molecular formula is C17H24O5. The smallest absolute Gasteiger partial charge is 0.155 e. The zero-order chi connectivity index (χ0) is 15.9. The highest BCUT2D eigenvalue weighted by atomic mass is 16.7. The fraction of sp³-hybridized carbons (Fsp3) is 0.588. The summed E-state index contributed by atoms with van der Waals surface area (Å²) in [4.78, 5) is 11.7. The number of benzene rings is 1. The lowest BCUT2D eigenvalue weighted by Crippen LogP contribution is -2.30. The molecule has 0 radical (unpaired) electrons. The highest BCUT2D eigenvalue weighted by molar-refractivity contribution is 5.82. The van der Waals surface area contributed by atoms with E-state index in [2.05, 4.69) is 0 Å². The maximum atomic E-state index is 11.7. The highest BCUT2D eigenvalue weighted by Crippen LogP contribution is 2.25. The third kappa shape index (κ3) is 4.80. The van der Waals surface area contributed by atoms with E-state index in [1.54, 1.807) is 7.11 Å². The summed E-state index contributed by atoms with van der Waals surface area (Å²) < 4.78 is 22.2. The second-order valence-corrected chi connectivity index (χ2v) is 5.34. The Morgan fingerprint density at radius 2 is 1.86 bits per heavy atom. The Balaban J connectivity index is 1.87. The van der Waals surface area contributed by atoms with Gasteiger partial charge in [0.15, 0.2) is 6.29 Å². The Bertz CT molecular complexity index is 470. The zero-order valence-electron chi connectivity index (χ0n) is 13.4. The molecule has 1 aromatic rings. The molecule has 1 fully saturated rings. The van der Waals surface area contributed by atoms with E-state index in [-0.39, 0.29) is 24.3 Å². The molecule has 0 amide bonds. The average molecular weight is 308 g/mol. The average Bonchev–Trinajstić information content (AvgIpc) is 2.85. The number of carbonyl (C=O) groups excluding carboxylic acids is 1. The van der Waals surface area contributed by atoms with Crippen LogP contribution in [0.3, 0.4) is 0 Å². The van der Waals surface area contributed by atoms with Crippen LogP contribution in [0.15, 0.2) is 24.3 Å². The summed E-state index contributed by atoms with van der Waals surface area (Å²) >= 11 is 0. The monoisotopic (exact) mass is 308 g/mol. The van der Waals surface area contributed by atoms with E-state index in [0.29, 0.717) is 26.1 Å². The molecule has 22 heavy (non-hydrogen) atoms. The Morgan fingerprint density at radius 3 is 2.50 bits per heavy atom. The van der Waals surface area contributed by atoms with Gasteiger partial charge in [-0.3, -0.25) is 4.79 Å². The van der Waals surface area contributed by atoms with Crippen LogP contribution >= 0.6 is 0 Å². The molecule has 1 aromatic carbocycles. The molecule has 0 aromatic heterocycles. The summed E-state index contributed by atoms with van der Waals surface area (Å²) in [7, 11) is 1.64. The predicted octanol–water partition coefficient (Wildman–Crippen LogP) is 2.71. The number of Topliss-reactive ketones (excluding diaryl/α,β-unsaturated/α-hetero) is 1. The van der Waals surface area contributed by atoms with Crippen molar-refractivity contribution in [3.05, 3.63) is 29.8 Å². The van der Waals surface area contributed by atoms with Crippen molar-refractivity contribution >= 4 is 5.78 Å². The fourth-order valence-corrected chi connectivity index (χ4v) is 2.54. The summed E-state index contributed by atoms with van der Waals surface area (Å²) in [6.45, 7) is 4.79. The number of carbonyl (C=O) groups is 1. The van der Waals surface area contributed by atoms with E-state index in [1.807, 2.05) is 38.1 Å². The van der Waals surface area contributed by atoms with Crippen LogP contribution in [0.5, 0.6) is 5.75 Å². The number of ketones is 1. The minimum atomic E-state index is -0.326. The summed E-state index contributed by atoms with van der Waals surface area (Å²) in [6, 6.07) is 7.69. The van der Waals surface area contributed by atoms with Crippen LogP contribution in [0, 0.1) is 0 Å². The molecule has 3 atom stereocenters. The van der Waals surface area contributed by atoms with Crippen LogP contribution in [0.25, 0.3) is 0 Å². The Hall–Kier alpha value is -1.43. The molecule has 1 aliphatic carbocycles. The van der Waals surface area contributed by atoms with Gasteiger partial charge >= 0.3 is 0 Å². The lowest BCUT2D eigenvalue weighted by Gasteiger charge is -2.23. The molecule has 1 unspecified atom stereocenters. The second kappa shape index (κ2) is 8.27. The minimum absolute atomic E-state index is 0.174. The first-order valence-electron chi connectivity index (χ1n) is 7.65. The first kappa shape index (κ1) is 16.9. The van der Waals surface area contributed by atoms with Crippen molar-refractivity contribution in [3.8, 4) is 5.75 Å². The van der Waals surface area contributed by atoms with Crippen molar-refractivity contribution in [1.82, 2.24) is 0 Å². The van der Waals surface area contributed by atoms with Gasteiger partial charge in [0.05, 0.1) is 25.9 Å². The van der Waals surface area contributed by atoms with Crippen LogP contribution in [0.2, 0.25) is 0 Å². The van der Waals surface area contributed by atoms with Crippen molar-refractivity contribution in [3.63, 3.8) is 0 Å². The summed E-state index contributed by atoms with van der Waals surface area (Å²) in [5, 5.41) is 0. The van der Waals surface area contributed by atoms with Gasteiger partial charge < -0.3 is 18.9 Å². The Labute approximate surface area is 131 Å². The molecule has 2 rings (SSSR count). The molecule has 0 heterocycles. The predicted molar refractivity (Wildman–Crippen MR) is 81.8 cm³/mol. The molecule has 5 heteroatoms. The van der Waals surface area contributed by atoms with E-state index in [1.165, 1.54) is 0 Å². The zero-order valence-corrected chi connectivity index (χ0v) is 13.4. The third-order valence-electron chi connectivity index (χ3n) is 3.66. The van der Waals surface area contributed by atoms with Gasteiger partial charge in [-0.15, -0.1) is 0 Å². The maximum absolute atomic E-state index is 11.7. The number of hydrogen-bond donors (Lipinski definition) is 0. The van der Waals surface area contributed by atoms with Crippen molar-refractivity contribution in [1.29, 1.82) is 0 Å². The lowest BCUT2D eigenvalue weighted by atomic mass is 10.2. The van der Waals surface area contributed by atoms with Gasteiger partial charge in [-0.2, -0.15) is 0 Å². The van der Waals surface area contributed by atoms with Crippen LogP contribution in [-0.4, -0.2) is 38.0 Å². The first-order valence-corrected chi connectivity index (χ1v) is 7.65. The molecule has 0 N–H and O–H groups in total. The van der Waals surface area contributed by atoms with Crippen molar-refractivity contribution in [2.45, 2.75) is 51.8 Å². The Kier molecular flexibility index (Phi) is 6.36. The second-order valence-electron chi connectivity index (χ2n) is 5.34. The van der Waals surface area contributed by atoms with Gasteiger partial charge in [-0.1, -0.05) is 12.1 Å². The highest BCUT2D eigenvalue weighted by Gasteiger charge is 2.35. The molecule has 5 nitrogen and oxygen atoms in total. The van der Waals surface area contributed by atoms with Gasteiger partial charge in [0, 0.05) is 19.4 Å². The van der Waals surface area contributed by atoms with Gasteiger partial charge in [-0.25, -0.2) is 0 Å². The van der Waals surface area contributed by atoms with Crippen LogP contribution in [-0.2, 0) is 25.6 Å². The molecule has 1 saturated carbocycles. The van der Waals surface area contributed by atoms with Crippen LogP contribution in [0.4, 0.5) is 0 Å². The topological polar surface area (TPSA) is 54.0 Å². The molecule has 0 saturated heterocycles. The molecule has 0 aliphatic heterocycles. The number of hydrogen-bond acceptors (Lipinski definition) is 5. The maximum Gasteiger partial charge on any atom is 0.155 e. The number of methoxy groups -OCH3 is 1.